The van der Waals surface area contributed by atoms with Gasteiger partial charge in [-0.3, -0.25) is 14.3 Å². The second-order valence-corrected chi connectivity index (χ2v) is 11.3. The lowest BCUT2D eigenvalue weighted by atomic mass is 9.96. The highest BCUT2D eigenvalue weighted by Crippen LogP contribution is 2.24. The largest absolute Gasteiger partial charge is 0.353 e. The number of carbonyl (C=O) groups is 2. The van der Waals surface area contributed by atoms with E-state index in [1.165, 1.54) is 0 Å². The van der Waals surface area contributed by atoms with Gasteiger partial charge in [0.05, 0.1) is 10.8 Å². The van der Waals surface area contributed by atoms with Gasteiger partial charge in [0, 0.05) is 30.4 Å². The van der Waals surface area contributed by atoms with Crippen molar-refractivity contribution in [3.05, 3.63) is 59.7 Å². The lowest BCUT2D eigenvalue weighted by molar-refractivity contribution is -0.127. The molecule has 0 bridgehead atoms. The molecule has 0 unspecified atom stereocenters. The fourth-order valence-corrected chi connectivity index (χ4v) is 6.05. The van der Waals surface area contributed by atoms with E-state index in [4.69, 9.17) is 0 Å². The van der Waals surface area contributed by atoms with E-state index >= 15 is 0 Å². The Hall–Kier alpha value is -2.87. The number of benzene rings is 2. The number of piperidine rings is 1. The molecule has 2 fully saturated rings. The Kier molecular flexibility index (Phi) is 8.11. The monoisotopic (exact) mass is 497 g/mol. The zero-order valence-electron chi connectivity index (χ0n) is 20.3. The van der Waals surface area contributed by atoms with E-state index in [0.717, 1.165) is 56.9 Å². The van der Waals surface area contributed by atoms with Gasteiger partial charge in [-0.25, -0.2) is 8.42 Å². The molecule has 188 valence electrons. The first-order chi connectivity index (χ1) is 16.9. The number of hydrogen-bond donors (Lipinski definition) is 2. The number of nitrogens with zero attached hydrogens (tertiary/aromatic N) is 1. The molecule has 1 heterocycles. The maximum Gasteiger partial charge on any atom is 0.261 e. The molecule has 1 saturated heterocycles. The van der Waals surface area contributed by atoms with Crippen LogP contribution >= 0.6 is 0 Å². The minimum atomic E-state index is -3.77. The number of sulfonamides is 1. The summed E-state index contributed by atoms with van der Waals surface area (Å²) in [5.74, 6) is -0.347. The zero-order chi connectivity index (χ0) is 24.8. The summed E-state index contributed by atoms with van der Waals surface area (Å²) in [6, 6.07) is 13.7. The highest BCUT2D eigenvalue weighted by molar-refractivity contribution is 7.92. The summed E-state index contributed by atoms with van der Waals surface area (Å²) in [5.41, 5.74) is 1.83. The number of aryl methyl sites for hydroxylation is 1. The molecule has 0 aromatic heterocycles. The van der Waals surface area contributed by atoms with Crippen molar-refractivity contribution >= 4 is 27.5 Å². The summed E-state index contributed by atoms with van der Waals surface area (Å²) >= 11 is 0. The molecule has 4 rings (SSSR count). The Morgan fingerprint density at radius 2 is 1.74 bits per heavy atom. The van der Waals surface area contributed by atoms with E-state index in [2.05, 4.69) is 17.0 Å². The smallest absolute Gasteiger partial charge is 0.261 e. The molecule has 1 aliphatic carbocycles. The minimum Gasteiger partial charge on any atom is -0.353 e. The van der Waals surface area contributed by atoms with Crippen molar-refractivity contribution in [2.24, 2.45) is 5.92 Å². The summed E-state index contributed by atoms with van der Waals surface area (Å²) in [4.78, 5) is 27.8. The molecule has 2 N–H and O–H groups in total. The van der Waals surface area contributed by atoms with Crippen molar-refractivity contribution in [2.45, 2.75) is 69.2 Å². The third-order valence-corrected chi connectivity index (χ3v) is 8.31. The molecule has 2 aliphatic rings. The third kappa shape index (κ3) is 6.42. The van der Waals surface area contributed by atoms with E-state index < -0.39 is 10.0 Å². The van der Waals surface area contributed by atoms with Gasteiger partial charge in [-0.2, -0.15) is 0 Å². The van der Waals surface area contributed by atoms with Gasteiger partial charge < -0.3 is 10.2 Å². The average Bonchev–Trinajstić information content (AvgIpc) is 3.37. The second kappa shape index (κ2) is 11.2. The molecule has 1 saturated carbocycles. The van der Waals surface area contributed by atoms with Gasteiger partial charge in [-0.1, -0.05) is 44.4 Å². The van der Waals surface area contributed by atoms with Crippen LogP contribution in [0.4, 0.5) is 5.69 Å². The zero-order valence-corrected chi connectivity index (χ0v) is 21.1. The SMILES string of the molecule is CCCc1ccc(S(=O)(=O)Nc2cccc(C(=O)N3CCC[C@H](C(=O)NC4CCCC4)C3)c2)cc1. The molecular formula is C27H35N3O4S. The molecule has 7 nitrogen and oxygen atoms in total. The standard InChI is InChI=1S/C27H35N3O4S/c1-2-7-20-13-15-25(16-14-20)35(33,34)29-24-12-5-8-21(18-24)27(32)30-17-6-9-22(19-30)26(31)28-23-10-3-4-11-23/h5,8,12-16,18,22-23,29H,2-4,6-7,9-11,17,19H2,1H3,(H,28,31)/t22-/m0/s1. The van der Waals surface area contributed by atoms with Crippen LogP contribution < -0.4 is 10.0 Å². The molecule has 1 aliphatic heterocycles. The summed E-state index contributed by atoms with van der Waals surface area (Å²) < 4.78 is 28.3. The normalized spacial score (nSPS) is 18.9. The van der Waals surface area contributed by atoms with Crippen LogP contribution in [0.2, 0.25) is 0 Å². The van der Waals surface area contributed by atoms with Crippen LogP contribution in [0.3, 0.4) is 0 Å². The van der Waals surface area contributed by atoms with Crippen LogP contribution in [0.15, 0.2) is 53.4 Å². The van der Waals surface area contributed by atoms with Gasteiger partial charge in [-0.15, -0.1) is 0 Å². The lowest BCUT2D eigenvalue weighted by Gasteiger charge is -2.32. The number of nitrogens with one attached hydrogen (secondary N) is 2. The maximum absolute atomic E-state index is 13.2. The molecule has 1 atom stereocenters. The van der Waals surface area contributed by atoms with Gasteiger partial charge in [0.1, 0.15) is 0 Å². The Morgan fingerprint density at radius 1 is 1.00 bits per heavy atom. The Balaban J connectivity index is 1.41. The fraction of sp³-hybridized carbons (Fsp3) is 0.481. The van der Waals surface area contributed by atoms with E-state index in [1.54, 1.807) is 41.3 Å². The number of hydrogen-bond acceptors (Lipinski definition) is 4. The van der Waals surface area contributed by atoms with Crippen molar-refractivity contribution in [2.75, 3.05) is 17.8 Å². The molecule has 0 spiro atoms. The lowest BCUT2D eigenvalue weighted by Crippen LogP contribution is -2.47. The number of amides is 2. The van der Waals surface area contributed by atoms with E-state index in [-0.39, 0.29) is 28.7 Å². The van der Waals surface area contributed by atoms with Crippen molar-refractivity contribution in [3.63, 3.8) is 0 Å². The van der Waals surface area contributed by atoms with E-state index in [1.807, 2.05) is 12.1 Å². The van der Waals surface area contributed by atoms with Crippen LogP contribution in [0, 0.1) is 5.92 Å². The molecule has 35 heavy (non-hydrogen) atoms. The quantitative estimate of drug-likeness (QED) is 0.567. The third-order valence-electron chi connectivity index (χ3n) is 6.92. The number of carbonyl (C=O) groups excluding carboxylic acids is 2. The Bertz CT molecular complexity index is 1140. The summed E-state index contributed by atoms with van der Waals surface area (Å²) in [6.45, 7) is 3.05. The average molecular weight is 498 g/mol. The number of likely N-dealkylation sites (tertiary alicyclic amines) is 1. The molecule has 2 aromatic rings. The van der Waals surface area contributed by atoms with Crippen LogP contribution in [0.1, 0.15) is 67.8 Å². The first-order valence-electron chi connectivity index (χ1n) is 12.7. The van der Waals surface area contributed by atoms with Gasteiger partial charge >= 0.3 is 0 Å². The highest BCUT2D eigenvalue weighted by atomic mass is 32.2. The van der Waals surface area contributed by atoms with Crippen LogP contribution in [-0.2, 0) is 21.2 Å². The van der Waals surface area contributed by atoms with Crippen molar-refractivity contribution < 1.29 is 18.0 Å². The topological polar surface area (TPSA) is 95.6 Å². The van der Waals surface area contributed by atoms with Crippen molar-refractivity contribution in [3.8, 4) is 0 Å². The second-order valence-electron chi connectivity index (χ2n) is 9.66. The number of rotatable bonds is 8. The Labute approximate surface area is 208 Å². The fourth-order valence-electron chi connectivity index (χ4n) is 5.00. The first kappa shape index (κ1) is 25.2. The van der Waals surface area contributed by atoms with Crippen molar-refractivity contribution in [1.82, 2.24) is 10.2 Å². The predicted octanol–water partition coefficient (Wildman–Crippen LogP) is 4.35. The van der Waals surface area contributed by atoms with E-state index in [0.29, 0.717) is 24.3 Å². The molecule has 2 amide bonds. The molecule has 2 aromatic carbocycles. The molecular weight excluding hydrogens is 462 g/mol. The predicted molar refractivity (Wildman–Crippen MR) is 137 cm³/mol. The van der Waals surface area contributed by atoms with Gasteiger partial charge in [0.15, 0.2) is 0 Å². The Morgan fingerprint density at radius 3 is 2.46 bits per heavy atom. The highest BCUT2D eigenvalue weighted by Gasteiger charge is 2.30. The van der Waals surface area contributed by atoms with Crippen molar-refractivity contribution in [1.29, 1.82) is 0 Å². The molecule has 0 radical (unpaired) electrons. The maximum atomic E-state index is 13.2. The summed E-state index contributed by atoms with van der Waals surface area (Å²) in [7, 11) is -3.77. The van der Waals surface area contributed by atoms with Crippen LogP contribution in [-0.4, -0.2) is 44.3 Å². The minimum absolute atomic E-state index is 0.0425. The van der Waals surface area contributed by atoms with Crippen LogP contribution in [0.5, 0.6) is 0 Å². The summed E-state index contributed by atoms with van der Waals surface area (Å²) in [5, 5.41) is 3.16. The first-order valence-corrected chi connectivity index (χ1v) is 14.2. The van der Waals surface area contributed by atoms with Gasteiger partial charge in [0.2, 0.25) is 5.91 Å². The summed E-state index contributed by atoms with van der Waals surface area (Å²) in [6.07, 6.45) is 7.83. The van der Waals surface area contributed by atoms with Gasteiger partial charge in [0.25, 0.3) is 15.9 Å². The number of anilines is 1. The molecule has 8 heteroatoms. The van der Waals surface area contributed by atoms with Crippen LogP contribution in [0.25, 0.3) is 0 Å². The van der Waals surface area contributed by atoms with E-state index in [9.17, 15) is 18.0 Å². The van der Waals surface area contributed by atoms with Gasteiger partial charge in [-0.05, 0) is 68.0 Å².